The van der Waals surface area contributed by atoms with Crippen LogP contribution in [0.5, 0.6) is 11.6 Å². The van der Waals surface area contributed by atoms with Crippen LogP contribution in [-0.2, 0) is 0 Å². The molecule has 2 aromatic heterocycles. The molecule has 0 saturated heterocycles. The summed E-state index contributed by atoms with van der Waals surface area (Å²) in [7, 11) is 0. The summed E-state index contributed by atoms with van der Waals surface area (Å²) in [5.74, 6) is 1.06. The van der Waals surface area contributed by atoms with Crippen molar-refractivity contribution in [3.05, 3.63) is 59.5 Å². The Kier molecular flexibility index (Phi) is 7.37. The average Bonchev–Trinajstić information content (AvgIpc) is 3.27. The van der Waals surface area contributed by atoms with Gasteiger partial charge in [0.15, 0.2) is 0 Å². The molecular weight excluding hydrogens is 374 g/mol. The molecule has 0 saturated carbocycles. The lowest BCUT2D eigenvalue weighted by Gasteiger charge is -2.08. The van der Waals surface area contributed by atoms with Crippen molar-refractivity contribution >= 4 is 17.2 Å². The van der Waals surface area contributed by atoms with Crippen LogP contribution in [0.4, 0.5) is 0 Å². The lowest BCUT2D eigenvalue weighted by Crippen LogP contribution is -2.28. The Morgan fingerprint density at radius 2 is 1.89 bits per heavy atom. The van der Waals surface area contributed by atoms with Crippen molar-refractivity contribution in [2.75, 3.05) is 19.8 Å². The molecule has 146 valence electrons. The van der Waals surface area contributed by atoms with Crippen LogP contribution in [0.25, 0.3) is 10.6 Å². The predicted octanol–water partition coefficient (Wildman–Crippen LogP) is 4.19. The van der Waals surface area contributed by atoms with Crippen LogP contribution in [0.15, 0.2) is 53.9 Å². The maximum absolute atomic E-state index is 12.2. The van der Waals surface area contributed by atoms with Crippen LogP contribution in [0.2, 0.25) is 0 Å². The minimum Gasteiger partial charge on any atom is -0.494 e. The molecule has 1 aromatic carbocycles. The van der Waals surface area contributed by atoms with E-state index in [1.54, 1.807) is 29.5 Å². The largest absolute Gasteiger partial charge is 0.494 e. The normalized spacial score (nSPS) is 10.5. The number of rotatable bonds is 10. The SMILES string of the molecule is CCCCOc1ccc(C(=O)NCCOc2ccc(-c3cccs3)nn2)cc1. The van der Waals surface area contributed by atoms with Gasteiger partial charge in [-0.1, -0.05) is 19.4 Å². The third-order valence-corrected chi connectivity index (χ3v) is 4.83. The highest BCUT2D eigenvalue weighted by atomic mass is 32.1. The number of aromatic nitrogens is 2. The van der Waals surface area contributed by atoms with Gasteiger partial charge < -0.3 is 14.8 Å². The minimum atomic E-state index is -0.150. The molecule has 28 heavy (non-hydrogen) atoms. The van der Waals surface area contributed by atoms with E-state index in [1.165, 1.54) is 0 Å². The number of hydrogen-bond acceptors (Lipinski definition) is 6. The van der Waals surface area contributed by atoms with Gasteiger partial charge in [0.05, 0.1) is 18.0 Å². The van der Waals surface area contributed by atoms with Gasteiger partial charge in [-0.05, 0) is 48.2 Å². The Hall–Kier alpha value is -2.93. The van der Waals surface area contributed by atoms with Crippen molar-refractivity contribution in [1.82, 2.24) is 15.5 Å². The molecule has 6 nitrogen and oxygen atoms in total. The van der Waals surface area contributed by atoms with Gasteiger partial charge in [-0.3, -0.25) is 4.79 Å². The highest BCUT2D eigenvalue weighted by Gasteiger charge is 2.06. The van der Waals surface area contributed by atoms with E-state index in [9.17, 15) is 4.79 Å². The van der Waals surface area contributed by atoms with E-state index >= 15 is 0 Å². The molecule has 0 spiro atoms. The molecule has 0 atom stereocenters. The van der Waals surface area contributed by atoms with Gasteiger partial charge in [0, 0.05) is 11.6 Å². The zero-order chi connectivity index (χ0) is 19.6. The van der Waals surface area contributed by atoms with Crippen molar-refractivity contribution in [2.45, 2.75) is 19.8 Å². The molecule has 0 bridgehead atoms. The van der Waals surface area contributed by atoms with Gasteiger partial charge >= 0.3 is 0 Å². The highest BCUT2D eigenvalue weighted by molar-refractivity contribution is 7.13. The number of nitrogens with one attached hydrogen (secondary N) is 1. The molecule has 1 N–H and O–H groups in total. The van der Waals surface area contributed by atoms with Crippen molar-refractivity contribution in [3.8, 4) is 22.2 Å². The number of carbonyl (C=O) groups is 1. The zero-order valence-electron chi connectivity index (χ0n) is 15.8. The Morgan fingerprint density at radius 3 is 2.57 bits per heavy atom. The van der Waals surface area contributed by atoms with E-state index in [2.05, 4.69) is 22.4 Å². The minimum absolute atomic E-state index is 0.150. The average molecular weight is 398 g/mol. The van der Waals surface area contributed by atoms with Crippen LogP contribution >= 0.6 is 11.3 Å². The molecule has 0 radical (unpaired) electrons. The summed E-state index contributed by atoms with van der Waals surface area (Å²) in [6.45, 7) is 3.50. The first-order valence-corrected chi connectivity index (χ1v) is 10.2. The van der Waals surface area contributed by atoms with Crippen LogP contribution < -0.4 is 14.8 Å². The number of unbranched alkanes of at least 4 members (excludes halogenated alkanes) is 1. The van der Waals surface area contributed by atoms with E-state index in [1.807, 2.05) is 35.7 Å². The highest BCUT2D eigenvalue weighted by Crippen LogP contribution is 2.22. The van der Waals surface area contributed by atoms with Crippen molar-refractivity contribution < 1.29 is 14.3 Å². The fourth-order valence-electron chi connectivity index (χ4n) is 2.41. The molecular formula is C21H23N3O3S. The maximum atomic E-state index is 12.2. The molecule has 0 aliphatic rings. The van der Waals surface area contributed by atoms with Crippen LogP contribution in [0.1, 0.15) is 30.1 Å². The fraction of sp³-hybridized carbons (Fsp3) is 0.286. The number of nitrogens with zero attached hydrogens (tertiary/aromatic N) is 2. The quantitative estimate of drug-likeness (QED) is 0.519. The van der Waals surface area contributed by atoms with E-state index in [0.29, 0.717) is 31.2 Å². The second kappa shape index (κ2) is 10.4. The predicted molar refractivity (Wildman–Crippen MR) is 110 cm³/mol. The molecule has 7 heteroatoms. The summed E-state index contributed by atoms with van der Waals surface area (Å²) in [5, 5.41) is 13.0. The standard InChI is InChI=1S/C21H23N3O3S/c1-2-3-13-26-17-8-6-16(7-9-17)21(25)22-12-14-27-20-11-10-18(23-24-20)19-5-4-15-28-19/h4-11,15H,2-3,12-14H2,1H3,(H,22,25). The Morgan fingerprint density at radius 1 is 1.04 bits per heavy atom. The van der Waals surface area contributed by atoms with Gasteiger partial charge in [-0.25, -0.2) is 0 Å². The van der Waals surface area contributed by atoms with Crippen LogP contribution in [0.3, 0.4) is 0 Å². The smallest absolute Gasteiger partial charge is 0.251 e. The van der Waals surface area contributed by atoms with E-state index in [0.717, 1.165) is 29.2 Å². The summed E-state index contributed by atoms with van der Waals surface area (Å²) >= 11 is 1.61. The summed E-state index contributed by atoms with van der Waals surface area (Å²) in [5.41, 5.74) is 1.40. The summed E-state index contributed by atoms with van der Waals surface area (Å²) in [6.07, 6.45) is 2.11. The number of hydrogen-bond donors (Lipinski definition) is 1. The number of thiophene rings is 1. The molecule has 0 fully saturated rings. The zero-order valence-corrected chi connectivity index (χ0v) is 16.6. The van der Waals surface area contributed by atoms with Gasteiger partial charge in [0.25, 0.3) is 5.91 Å². The first-order chi connectivity index (χ1) is 13.8. The number of benzene rings is 1. The molecule has 1 amide bonds. The van der Waals surface area contributed by atoms with Gasteiger partial charge in [-0.2, -0.15) is 0 Å². The van der Waals surface area contributed by atoms with Crippen LogP contribution in [0, 0.1) is 0 Å². The number of amides is 1. The van der Waals surface area contributed by atoms with Gasteiger partial charge in [0.2, 0.25) is 5.88 Å². The number of ether oxygens (including phenoxy) is 2. The Bertz CT molecular complexity index is 850. The summed E-state index contributed by atoms with van der Waals surface area (Å²) in [6, 6.07) is 14.8. The van der Waals surface area contributed by atoms with E-state index in [4.69, 9.17) is 9.47 Å². The molecule has 0 unspecified atom stereocenters. The van der Waals surface area contributed by atoms with Crippen LogP contribution in [-0.4, -0.2) is 35.9 Å². The Balaban J connectivity index is 1.39. The lowest BCUT2D eigenvalue weighted by molar-refractivity contribution is 0.0946. The third-order valence-electron chi connectivity index (χ3n) is 3.93. The monoisotopic (exact) mass is 397 g/mol. The Labute approximate surface area is 168 Å². The van der Waals surface area contributed by atoms with Crippen molar-refractivity contribution in [1.29, 1.82) is 0 Å². The fourth-order valence-corrected chi connectivity index (χ4v) is 3.10. The molecule has 0 aliphatic carbocycles. The molecule has 2 heterocycles. The van der Waals surface area contributed by atoms with Gasteiger partial charge in [0.1, 0.15) is 18.1 Å². The van der Waals surface area contributed by atoms with Crippen molar-refractivity contribution in [3.63, 3.8) is 0 Å². The summed E-state index contributed by atoms with van der Waals surface area (Å²) < 4.78 is 11.1. The maximum Gasteiger partial charge on any atom is 0.251 e. The first-order valence-electron chi connectivity index (χ1n) is 9.27. The number of carbonyl (C=O) groups excluding carboxylic acids is 1. The third kappa shape index (κ3) is 5.79. The first kappa shape index (κ1) is 19.8. The second-order valence-electron chi connectivity index (χ2n) is 6.06. The topological polar surface area (TPSA) is 73.3 Å². The van der Waals surface area contributed by atoms with Gasteiger partial charge in [-0.15, -0.1) is 21.5 Å². The van der Waals surface area contributed by atoms with E-state index in [-0.39, 0.29) is 5.91 Å². The molecule has 3 rings (SSSR count). The summed E-state index contributed by atoms with van der Waals surface area (Å²) in [4.78, 5) is 13.2. The van der Waals surface area contributed by atoms with Crippen molar-refractivity contribution in [2.24, 2.45) is 0 Å². The van der Waals surface area contributed by atoms with E-state index < -0.39 is 0 Å². The molecule has 0 aliphatic heterocycles. The molecule has 3 aromatic rings. The second-order valence-corrected chi connectivity index (χ2v) is 7.01. The lowest BCUT2D eigenvalue weighted by atomic mass is 10.2.